The van der Waals surface area contributed by atoms with Gasteiger partial charge in [0.1, 0.15) is 0 Å². The summed E-state index contributed by atoms with van der Waals surface area (Å²) in [5.74, 6) is -0.0458. The van der Waals surface area contributed by atoms with Gasteiger partial charge in [-0.15, -0.1) is 0 Å². The highest BCUT2D eigenvalue weighted by Gasteiger charge is 2.09. The number of nitrogens with zero attached hydrogens (tertiary/aromatic N) is 1. The number of nitrogens with one attached hydrogen (secondary N) is 2. The Morgan fingerprint density at radius 2 is 2.11 bits per heavy atom. The number of amides is 1. The molecule has 1 heterocycles. The SMILES string of the molecule is CCCCCCNC(=O)c1cnccc1NCC. The molecule has 1 aromatic rings. The molecular weight excluding hydrogens is 226 g/mol. The number of anilines is 1. The monoisotopic (exact) mass is 249 g/mol. The van der Waals surface area contributed by atoms with E-state index in [-0.39, 0.29) is 5.91 Å². The Morgan fingerprint density at radius 3 is 2.83 bits per heavy atom. The highest BCUT2D eigenvalue weighted by Crippen LogP contribution is 2.12. The van der Waals surface area contributed by atoms with Crippen molar-refractivity contribution in [2.75, 3.05) is 18.4 Å². The van der Waals surface area contributed by atoms with Crippen LogP contribution in [0.3, 0.4) is 0 Å². The van der Waals surface area contributed by atoms with Crippen LogP contribution in [0.1, 0.15) is 49.9 Å². The number of hydrogen-bond acceptors (Lipinski definition) is 3. The number of unbranched alkanes of at least 4 members (excludes halogenated alkanes) is 3. The van der Waals surface area contributed by atoms with Crippen LogP contribution >= 0.6 is 0 Å². The first kappa shape index (κ1) is 14.5. The van der Waals surface area contributed by atoms with E-state index in [4.69, 9.17) is 0 Å². The molecular formula is C14H23N3O. The molecule has 0 aliphatic rings. The zero-order valence-electron chi connectivity index (χ0n) is 11.3. The molecule has 0 aliphatic heterocycles. The number of hydrogen-bond donors (Lipinski definition) is 2. The Hall–Kier alpha value is -1.58. The molecule has 1 aromatic heterocycles. The van der Waals surface area contributed by atoms with Gasteiger partial charge in [-0.05, 0) is 19.4 Å². The lowest BCUT2D eigenvalue weighted by Crippen LogP contribution is -2.25. The van der Waals surface area contributed by atoms with Crippen molar-refractivity contribution >= 4 is 11.6 Å². The summed E-state index contributed by atoms with van der Waals surface area (Å²) < 4.78 is 0. The third-order valence-corrected chi connectivity index (χ3v) is 2.75. The molecule has 18 heavy (non-hydrogen) atoms. The van der Waals surface area contributed by atoms with E-state index in [2.05, 4.69) is 22.5 Å². The number of pyridine rings is 1. The molecule has 2 N–H and O–H groups in total. The molecule has 0 bridgehead atoms. The van der Waals surface area contributed by atoms with E-state index in [9.17, 15) is 4.79 Å². The van der Waals surface area contributed by atoms with Crippen LogP contribution in [-0.4, -0.2) is 24.0 Å². The fraction of sp³-hybridized carbons (Fsp3) is 0.571. The fourth-order valence-corrected chi connectivity index (χ4v) is 1.77. The van der Waals surface area contributed by atoms with E-state index < -0.39 is 0 Å². The van der Waals surface area contributed by atoms with Crippen LogP contribution in [0, 0.1) is 0 Å². The number of carbonyl (C=O) groups excluding carboxylic acids is 1. The zero-order valence-corrected chi connectivity index (χ0v) is 11.3. The normalized spacial score (nSPS) is 10.1. The van der Waals surface area contributed by atoms with Crippen LogP contribution in [0.4, 0.5) is 5.69 Å². The first-order valence-corrected chi connectivity index (χ1v) is 6.75. The van der Waals surface area contributed by atoms with E-state index in [1.807, 2.05) is 13.0 Å². The van der Waals surface area contributed by atoms with Gasteiger partial charge in [-0.25, -0.2) is 0 Å². The Balaban J connectivity index is 2.45. The molecule has 100 valence electrons. The molecule has 0 fully saturated rings. The van der Waals surface area contributed by atoms with Crippen molar-refractivity contribution in [3.63, 3.8) is 0 Å². The van der Waals surface area contributed by atoms with Crippen LogP contribution in [0.15, 0.2) is 18.5 Å². The third kappa shape index (κ3) is 4.73. The number of carbonyl (C=O) groups is 1. The van der Waals surface area contributed by atoms with Gasteiger partial charge in [-0.2, -0.15) is 0 Å². The molecule has 4 heteroatoms. The molecule has 0 unspecified atom stereocenters. The topological polar surface area (TPSA) is 54.0 Å². The smallest absolute Gasteiger partial charge is 0.254 e. The average molecular weight is 249 g/mol. The summed E-state index contributed by atoms with van der Waals surface area (Å²) in [6.07, 6.45) is 7.95. The first-order chi connectivity index (χ1) is 8.79. The number of rotatable bonds is 8. The van der Waals surface area contributed by atoms with Gasteiger partial charge in [-0.3, -0.25) is 9.78 Å². The largest absolute Gasteiger partial charge is 0.385 e. The van der Waals surface area contributed by atoms with E-state index >= 15 is 0 Å². The lowest BCUT2D eigenvalue weighted by Gasteiger charge is -2.10. The molecule has 0 radical (unpaired) electrons. The summed E-state index contributed by atoms with van der Waals surface area (Å²) in [6, 6.07) is 1.83. The zero-order chi connectivity index (χ0) is 13.2. The predicted molar refractivity (Wildman–Crippen MR) is 74.9 cm³/mol. The van der Waals surface area contributed by atoms with Gasteiger partial charge in [0, 0.05) is 25.5 Å². The summed E-state index contributed by atoms with van der Waals surface area (Å²) in [5, 5.41) is 6.10. The van der Waals surface area contributed by atoms with Gasteiger partial charge in [0.2, 0.25) is 0 Å². The molecule has 1 amide bonds. The Kier molecular flexibility index (Phi) is 6.84. The predicted octanol–water partition coefficient (Wildman–Crippen LogP) is 2.82. The molecule has 0 atom stereocenters. The second-order valence-corrected chi connectivity index (χ2v) is 4.27. The molecule has 0 aliphatic carbocycles. The minimum absolute atomic E-state index is 0.0458. The quantitative estimate of drug-likeness (QED) is 0.697. The highest BCUT2D eigenvalue weighted by atomic mass is 16.1. The highest BCUT2D eigenvalue weighted by molar-refractivity contribution is 5.99. The Bertz CT molecular complexity index is 366. The van der Waals surface area contributed by atoms with Crippen molar-refractivity contribution in [3.05, 3.63) is 24.0 Å². The van der Waals surface area contributed by atoms with Crippen molar-refractivity contribution in [3.8, 4) is 0 Å². The van der Waals surface area contributed by atoms with Gasteiger partial charge in [0.25, 0.3) is 5.91 Å². The summed E-state index contributed by atoms with van der Waals surface area (Å²) in [5.41, 5.74) is 1.47. The molecule has 4 nitrogen and oxygen atoms in total. The Labute approximate surface area is 109 Å². The van der Waals surface area contributed by atoms with Crippen molar-refractivity contribution in [1.82, 2.24) is 10.3 Å². The number of aromatic nitrogens is 1. The van der Waals surface area contributed by atoms with E-state index in [0.29, 0.717) is 5.56 Å². The van der Waals surface area contributed by atoms with Crippen molar-refractivity contribution in [1.29, 1.82) is 0 Å². The third-order valence-electron chi connectivity index (χ3n) is 2.75. The maximum Gasteiger partial charge on any atom is 0.254 e. The molecule has 0 saturated carbocycles. The van der Waals surface area contributed by atoms with Gasteiger partial charge < -0.3 is 10.6 Å². The summed E-state index contributed by atoms with van der Waals surface area (Å²) >= 11 is 0. The maximum atomic E-state index is 12.0. The van der Waals surface area contributed by atoms with Crippen molar-refractivity contribution in [2.45, 2.75) is 39.5 Å². The van der Waals surface area contributed by atoms with Crippen LogP contribution < -0.4 is 10.6 Å². The van der Waals surface area contributed by atoms with E-state index in [1.165, 1.54) is 19.3 Å². The first-order valence-electron chi connectivity index (χ1n) is 6.75. The van der Waals surface area contributed by atoms with Gasteiger partial charge in [0.05, 0.1) is 11.3 Å². The van der Waals surface area contributed by atoms with Gasteiger partial charge in [0.15, 0.2) is 0 Å². The molecule has 1 rings (SSSR count). The average Bonchev–Trinajstić information content (AvgIpc) is 2.39. The lowest BCUT2D eigenvalue weighted by molar-refractivity contribution is 0.0953. The van der Waals surface area contributed by atoms with Crippen LogP contribution in [-0.2, 0) is 0 Å². The molecule has 0 spiro atoms. The standard InChI is InChI=1S/C14H23N3O/c1-3-5-6-7-9-17-14(18)12-11-15-10-8-13(12)16-4-2/h8,10-11H,3-7,9H2,1-2H3,(H,15,16)(H,17,18). The molecule has 0 aromatic carbocycles. The summed E-state index contributed by atoms with van der Waals surface area (Å²) in [6.45, 7) is 5.71. The summed E-state index contributed by atoms with van der Waals surface area (Å²) in [7, 11) is 0. The maximum absolute atomic E-state index is 12.0. The van der Waals surface area contributed by atoms with E-state index in [0.717, 1.165) is 25.2 Å². The van der Waals surface area contributed by atoms with E-state index in [1.54, 1.807) is 12.4 Å². The van der Waals surface area contributed by atoms with Gasteiger partial charge in [-0.1, -0.05) is 26.2 Å². The van der Waals surface area contributed by atoms with Gasteiger partial charge >= 0.3 is 0 Å². The molecule has 0 saturated heterocycles. The van der Waals surface area contributed by atoms with Crippen LogP contribution in [0.2, 0.25) is 0 Å². The summed E-state index contributed by atoms with van der Waals surface area (Å²) in [4.78, 5) is 16.0. The Morgan fingerprint density at radius 1 is 1.28 bits per heavy atom. The minimum Gasteiger partial charge on any atom is -0.385 e. The van der Waals surface area contributed by atoms with Crippen molar-refractivity contribution in [2.24, 2.45) is 0 Å². The van der Waals surface area contributed by atoms with Crippen LogP contribution in [0.5, 0.6) is 0 Å². The second-order valence-electron chi connectivity index (χ2n) is 4.27. The fourth-order valence-electron chi connectivity index (χ4n) is 1.77. The van der Waals surface area contributed by atoms with Crippen molar-refractivity contribution < 1.29 is 4.79 Å². The minimum atomic E-state index is -0.0458. The lowest BCUT2D eigenvalue weighted by atomic mass is 10.2. The second kappa shape index (κ2) is 8.50. The van der Waals surface area contributed by atoms with Crippen LogP contribution in [0.25, 0.3) is 0 Å².